The minimum Gasteiger partial charge on any atom is -0.348 e. The second-order valence-corrected chi connectivity index (χ2v) is 5.65. The van der Waals surface area contributed by atoms with Crippen LogP contribution in [0.3, 0.4) is 0 Å². The third-order valence-electron chi connectivity index (χ3n) is 4.36. The standard InChI is InChI=1S/C16H20N4O/c17-6-1-2-13-10-18-7-3-14(13)16(21)19-15-11-20-8-4-12(15)5-9-20/h3,7,10,12,15H,4-6,8-9,11,17H2,(H,19,21). The van der Waals surface area contributed by atoms with Crippen molar-refractivity contribution in [2.75, 3.05) is 26.2 Å². The van der Waals surface area contributed by atoms with E-state index in [1.54, 1.807) is 18.5 Å². The maximum Gasteiger partial charge on any atom is 0.252 e. The van der Waals surface area contributed by atoms with E-state index in [4.69, 9.17) is 5.73 Å². The average molecular weight is 284 g/mol. The van der Waals surface area contributed by atoms with Crippen LogP contribution in [-0.4, -0.2) is 48.0 Å². The normalized spacial score (nSPS) is 26.8. The number of nitrogens with zero attached hydrogens (tertiary/aromatic N) is 2. The molecule has 5 nitrogen and oxygen atoms in total. The summed E-state index contributed by atoms with van der Waals surface area (Å²) in [6, 6.07) is 1.97. The highest BCUT2D eigenvalue weighted by Gasteiger charge is 2.35. The number of carbonyl (C=O) groups is 1. The van der Waals surface area contributed by atoms with Crippen molar-refractivity contribution >= 4 is 5.91 Å². The molecule has 3 N–H and O–H groups in total. The average Bonchev–Trinajstić information content (AvgIpc) is 2.54. The minimum absolute atomic E-state index is 0.0579. The Morgan fingerprint density at radius 3 is 2.95 bits per heavy atom. The second-order valence-electron chi connectivity index (χ2n) is 5.65. The van der Waals surface area contributed by atoms with E-state index < -0.39 is 0 Å². The molecular weight excluding hydrogens is 264 g/mol. The van der Waals surface area contributed by atoms with Crippen LogP contribution < -0.4 is 11.1 Å². The number of fused-ring (bicyclic) bond motifs is 3. The summed E-state index contributed by atoms with van der Waals surface area (Å²) in [6.45, 7) is 3.57. The lowest BCUT2D eigenvalue weighted by molar-refractivity contribution is 0.0620. The number of pyridine rings is 1. The van der Waals surface area contributed by atoms with Gasteiger partial charge in [0.05, 0.1) is 17.7 Å². The molecule has 1 atom stereocenters. The summed E-state index contributed by atoms with van der Waals surface area (Å²) in [5.74, 6) is 6.25. The molecule has 0 radical (unpaired) electrons. The lowest BCUT2D eigenvalue weighted by atomic mass is 9.84. The second kappa shape index (κ2) is 6.25. The number of amides is 1. The van der Waals surface area contributed by atoms with Gasteiger partial charge in [-0.3, -0.25) is 9.78 Å². The summed E-state index contributed by atoms with van der Waals surface area (Å²) in [7, 11) is 0. The summed E-state index contributed by atoms with van der Waals surface area (Å²) in [4.78, 5) is 19.0. The SMILES string of the molecule is NCC#Cc1cnccc1C(=O)NC1CN2CCC1CC2. The zero-order valence-corrected chi connectivity index (χ0v) is 12.0. The fraction of sp³-hybridized carbons (Fsp3) is 0.500. The summed E-state index contributed by atoms with van der Waals surface area (Å²) in [5, 5.41) is 3.18. The molecule has 0 saturated carbocycles. The monoisotopic (exact) mass is 284 g/mol. The lowest BCUT2D eigenvalue weighted by Crippen LogP contribution is -2.57. The van der Waals surface area contributed by atoms with Gasteiger partial charge in [-0.1, -0.05) is 11.8 Å². The van der Waals surface area contributed by atoms with Crippen molar-refractivity contribution in [2.24, 2.45) is 11.7 Å². The van der Waals surface area contributed by atoms with Gasteiger partial charge in [-0.15, -0.1) is 0 Å². The molecule has 3 aliphatic heterocycles. The van der Waals surface area contributed by atoms with Crippen LogP contribution in [0.2, 0.25) is 0 Å². The molecule has 1 amide bonds. The van der Waals surface area contributed by atoms with Crippen molar-refractivity contribution < 1.29 is 4.79 Å². The van der Waals surface area contributed by atoms with Gasteiger partial charge in [0.15, 0.2) is 0 Å². The molecule has 1 unspecified atom stereocenters. The quantitative estimate of drug-likeness (QED) is 0.762. The Labute approximate surface area is 124 Å². The van der Waals surface area contributed by atoms with Gasteiger partial charge >= 0.3 is 0 Å². The third-order valence-corrected chi connectivity index (χ3v) is 4.36. The number of carbonyl (C=O) groups excluding carboxylic acids is 1. The van der Waals surface area contributed by atoms with Crippen molar-refractivity contribution in [2.45, 2.75) is 18.9 Å². The molecular formula is C16H20N4O. The molecule has 0 spiro atoms. The maximum atomic E-state index is 12.5. The van der Waals surface area contributed by atoms with Crippen LogP contribution in [0, 0.1) is 17.8 Å². The van der Waals surface area contributed by atoms with Gasteiger partial charge in [0.25, 0.3) is 5.91 Å². The highest BCUT2D eigenvalue weighted by Crippen LogP contribution is 2.27. The molecule has 3 aliphatic rings. The van der Waals surface area contributed by atoms with Crippen LogP contribution in [0.1, 0.15) is 28.8 Å². The van der Waals surface area contributed by atoms with Gasteiger partial charge in [0.2, 0.25) is 0 Å². The number of aromatic nitrogens is 1. The lowest BCUT2D eigenvalue weighted by Gasteiger charge is -2.44. The molecule has 21 heavy (non-hydrogen) atoms. The van der Waals surface area contributed by atoms with Crippen LogP contribution in [0.4, 0.5) is 0 Å². The molecule has 3 fully saturated rings. The topological polar surface area (TPSA) is 71.2 Å². The van der Waals surface area contributed by atoms with Crippen molar-refractivity contribution in [3.8, 4) is 11.8 Å². The zero-order chi connectivity index (χ0) is 14.7. The Hall–Kier alpha value is -1.90. The van der Waals surface area contributed by atoms with Gasteiger partial charge < -0.3 is 16.0 Å². The zero-order valence-electron chi connectivity index (χ0n) is 12.0. The van der Waals surface area contributed by atoms with Crippen molar-refractivity contribution in [1.29, 1.82) is 0 Å². The summed E-state index contributed by atoms with van der Waals surface area (Å²) < 4.78 is 0. The molecule has 4 rings (SSSR count). The minimum atomic E-state index is -0.0579. The van der Waals surface area contributed by atoms with Gasteiger partial charge in [0.1, 0.15) is 0 Å². The highest BCUT2D eigenvalue weighted by molar-refractivity contribution is 5.96. The predicted molar refractivity (Wildman–Crippen MR) is 80.6 cm³/mol. The number of hydrogen-bond donors (Lipinski definition) is 2. The van der Waals surface area contributed by atoms with E-state index in [2.05, 4.69) is 27.0 Å². The summed E-state index contributed by atoms with van der Waals surface area (Å²) >= 11 is 0. The Kier molecular flexibility index (Phi) is 4.18. The number of nitrogens with one attached hydrogen (secondary N) is 1. The first kappa shape index (κ1) is 14.1. The molecule has 4 heterocycles. The van der Waals surface area contributed by atoms with E-state index in [1.165, 1.54) is 25.9 Å². The van der Waals surface area contributed by atoms with Crippen molar-refractivity contribution in [1.82, 2.24) is 15.2 Å². The van der Waals surface area contributed by atoms with Crippen LogP contribution in [0.5, 0.6) is 0 Å². The van der Waals surface area contributed by atoms with Gasteiger partial charge in [-0.2, -0.15) is 0 Å². The van der Waals surface area contributed by atoms with Crippen LogP contribution in [-0.2, 0) is 0 Å². The predicted octanol–water partition coefficient (Wildman–Crippen LogP) is 0.216. The Bertz CT molecular complexity index is 581. The molecule has 5 heteroatoms. The van der Waals surface area contributed by atoms with E-state index in [0.29, 0.717) is 17.0 Å². The van der Waals surface area contributed by atoms with Crippen molar-refractivity contribution in [3.63, 3.8) is 0 Å². The third kappa shape index (κ3) is 3.07. The number of rotatable bonds is 2. The Morgan fingerprint density at radius 1 is 1.48 bits per heavy atom. The van der Waals surface area contributed by atoms with Crippen LogP contribution in [0.25, 0.3) is 0 Å². The van der Waals surface area contributed by atoms with Gasteiger partial charge in [-0.25, -0.2) is 0 Å². The van der Waals surface area contributed by atoms with Crippen molar-refractivity contribution in [3.05, 3.63) is 29.6 Å². The van der Waals surface area contributed by atoms with Gasteiger partial charge in [0, 0.05) is 25.0 Å². The Morgan fingerprint density at radius 2 is 2.29 bits per heavy atom. The first-order valence-electron chi connectivity index (χ1n) is 7.44. The molecule has 0 aromatic carbocycles. The van der Waals surface area contributed by atoms with Gasteiger partial charge in [-0.05, 0) is 37.9 Å². The summed E-state index contributed by atoms with van der Waals surface area (Å²) in [6.07, 6.45) is 5.61. The Balaban J connectivity index is 1.74. The molecule has 0 aliphatic carbocycles. The van der Waals surface area contributed by atoms with E-state index in [9.17, 15) is 4.79 Å². The molecule has 1 aromatic heterocycles. The molecule has 2 bridgehead atoms. The van der Waals surface area contributed by atoms with E-state index in [-0.39, 0.29) is 18.5 Å². The number of piperidine rings is 3. The van der Waals surface area contributed by atoms with Crippen LogP contribution in [0.15, 0.2) is 18.5 Å². The fourth-order valence-corrected chi connectivity index (χ4v) is 3.21. The maximum absolute atomic E-state index is 12.5. The van der Waals surface area contributed by atoms with E-state index in [1.807, 2.05) is 0 Å². The first-order chi connectivity index (χ1) is 10.3. The van der Waals surface area contributed by atoms with Crippen LogP contribution >= 0.6 is 0 Å². The number of hydrogen-bond acceptors (Lipinski definition) is 4. The molecule has 110 valence electrons. The number of nitrogens with two attached hydrogens (primary N) is 1. The fourth-order valence-electron chi connectivity index (χ4n) is 3.21. The van der Waals surface area contributed by atoms with E-state index >= 15 is 0 Å². The molecule has 3 saturated heterocycles. The highest BCUT2D eigenvalue weighted by atomic mass is 16.1. The largest absolute Gasteiger partial charge is 0.348 e. The summed E-state index contributed by atoms with van der Waals surface area (Å²) in [5.41, 5.74) is 6.62. The molecule has 1 aromatic rings. The first-order valence-corrected chi connectivity index (χ1v) is 7.44. The van der Waals surface area contributed by atoms with E-state index in [0.717, 1.165) is 6.54 Å². The smallest absolute Gasteiger partial charge is 0.252 e.